The Morgan fingerprint density at radius 3 is 2.29 bits per heavy atom. The van der Waals surface area contributed by atoms with Gasteiger partial charge in [0.2, 0.25) is 5.91 Å². The lowest BCUT2D eigenvalue weighted by atomic mass is 9.92. The van der Waals surface area contributed by atoms with E-state index in [0.717, 1.165) is 4.90 Å². The first-order valence-corrected chi connectivity index (χ1v) is 9.48. The number of anilines is 1. The van der Waals surface area contributed by atoms with E-state index in [1.54, 1.807) is 24.3 Å². The second-order valence-corrected chi connectivity index (χ2v) is 7.85. The fraction of sp³-hybridized carbons (Fsp3) is 0.167. The third-order valence-corrected chi connectivity index (χ3v) is 5.67. The normalized spacial score (nSPS) is 19.0. The molecule has 2 aromatic rings. The fourth-order valence-corrected chi connectivity index (χ4v) is 3.57. The Kier molecular flexibility index (Phi) is 5.77. The summed E-state index contributed by atoms with van der Waals surface area (Å²) < 4.78 is 0. The fourth-order valence-electron chi connectivity index (χ4n) is 2.78. The molecule has 1 aliphatic rings. The molecule has 0 spiro atoms. The molecule has 2 aromatic carbocycles. The number of rotatable bonds is 4. The number of hydrogen-bond acceptors (Lipinski definition) is 3. The smallest absolute Gasteiger partial charge is 0.322 e. The summed E-state index contributed by atoms with van der Waals surface area (Å²) in [5, 5.41) is 6.13. The molecule has 1 heterocycles. The second kappa shape index (κ2) is 7.79. The van der Waals surface area contributed by atoms with Crippen LogP contribution < -0.4 is 10.6 Å². The summed E-state index contributed by atoms with van der Waals surface area (Å²) in [5.74, 6) is -1.23. The van der Waals surface area contributed by atoms with Crippen molar-refractivity contribution in [2.75, 3.05) is 11.9 Å². The highest BCUT2D eigenvalue weighted by Crippen LogP contribution is 2.33. The van der Waals surface area contributed by atoms with E-state index in [1.165, 1.54) is 19.1 Å². The van der Waals surface area contributed by atoms with Crippen LogP contribution in [0.5, 0.6) is 0 Å². The van der Waals surface area contributed by atoms with Gasteiger partial charge in [-0.3, -0.25) is 14.5 Å². The van der Waals surface area contributed by atoms with Crippen LogP contribution in [0.15, 0.2) is 36.4 Å². The van der Waals surface area contributed by atoms with Gasteiger partial charge >= 0.3 is 6.03 Å². The molecular formula is C18H13Cl4N3O3. The predicted molar refractivity (Wildman–Crippen MR) is 109 cm³/mol. The molecule has 0 aromatic heterocycles. The van der Waals surface area contributed by atoms with Crippen molar-refractivity contribution in [1.82, 2.24) is 10.2 Å². The summed E-state index contributed by atoms with van der Waals surface area (Å²) in [6.45, 7) is 1.01. The van der Waals surface area contributed by atoms with Gasteiger partial charge in [-0.2, -0.15) is 0 Å². The molecule has 0 bridgehead atoms. The average Bonchev–Trinajstić information content (AvgIpc) is 2.85. The van der Waals surface area contributed by atoms with Gasteiger partial charge in [0.1, 0.15) is 12.1 Å². The first-order chi connectivity index (χ1) is 13.1. The minimum atomic E-state index is -1.38. The summed E-state index contributed by atoms with van der Waals surface area (Å²) in [6.07, 6.45) is 0. The Balaban J connectivity index is 1.80. The number of hydrogen-bond donors (Lipinski definition) is 2. The molecule has 1 aliphatic heterocycles. The maximum absolute atomic E-state index is 12.9. The molecule has 1 unspecified atom stereocenters. The third-order valence-electron chi connectivity index (χ3n) is 4.30. The highest BCUT2D eigenvalue weighted by atomic mass is 35.5. The van der Waals surface area contributed by atoms with Crippen LogP contribution in [0.1, 0.15) is 12.5 Å². The van der Waals surface area contributed by atoms with E-state index in [0.29, 0.717) is 10.6 Å². The Morgan fingerprint density at radius 2 is 1.68 bits per heavy atom. The zero-order valence-corrected chi connectivity index (χ0v) is 17.4. The second-order valence-electron chi connectivity index (χ2n) is 6.22. The zero-order chi connectivity index (χ0) is 20.6. The number of nitrogens with zero attached hydrogens (tertiary/aromatic N) is 1. The molecule has 1 atom stereocenters. The monoisotopic (exact) mass is 459 g/mol. The first-order valence-electron chi connectivity index (χ1n) is 7.97. The Bertz CT molecular complexity index is 978. The van der Waals surface area contributed by atoms with Gasteiger partial charge in [-0.05, 0) is 36.8 Å². The molecule has 0 radical (unpaired) electrons. The van der Waals surface area contributed by atoms with Crippen molar-refractivity contribution < 1.29 is 14.4 Å². The molecule has 4 amide bonds. The van der Waals surface area contributed by atoms with Crippen LogP contribution in [-0.4, -0.2) is 29.3 Å². The Labute approximate surface area is 180 Å². The largest absolute Gasteiger partial charge is 0.325 e. The Morgan fingerprint density at radius 1 is 1.04 bits per heavy atom. The summed E-state index contributed by atoms with van der Waals surface area (Å²) in [4.78, 5) is 38.4. The molecule has 2 N–H and O–H groups in total. The number of carbonyl (C=O) groups is 3. The van der Waals surface area contributed by atoms with E-state index in [4.69, 9.17) is 46.4 Å². The van der Waals surface area contributed by atoms with Crippen molar-refractivity contribution in [3.8, 4) is 0 Å². The molecule has 1 fully saturated rings. The quantitative estimate of drug-likeness (QED) is 0.648. The zero-order valence-electron chi connectivity index (χ0n) is 14.4. The molecule has 146 valence electrons. The molecule has 28 heavy (non-hydrogen) atoms. The lowest BCUT2D eigenvalue weighted by Crippen LogP contribution is -2.42. The average molecular weight is 461 g/mol. The van der Waals surface area contributed by atoms with Crippen LogP contribution in [0.25, 0.3) is 0 Å². The van der Waals surface area contributed by atoms with Crippen molar-refractivity contribution in [1.29, 1.82) is 0 Å². The van der Waals surface area contributed by atoms with E-state index >= 15 is 0 Å². The number of imide groups is 1. The van der Waals surface area contributed by atoms with Crippen LogP contribution in [-0.2, 0) is 15.1 Å². The standard InChI is InChI=1S/C18H13Cl4N3O3/c1-18(9-5-6-10(19)13(22)7-9)16(27)25(17(28)24-18)8-14(26)23-15-11(20)3-2-4-12(15)21/h2-7H,8H2,1H3,(H,23,26)(H,24,28). The van der Waals surface area contributed by atoms with Gasteiger partial charge in [0.15, 0.2) is 0 Å². The minimum absolute atomic E-state index is 0.204. The topological polar surface area (TPSA) is 78.5 Å². The lowest BCUT2D eigenvalue weighted by Gasteiger charge is -2.22. The van der Waals surface area contributed by atoms with Gasteiger partial charge in [-0.1, -0.05) is 58.5 Å². The van der Waals surface area contributed by atoms with E-state index < -0.39 is 29.9 Å². The minimum Gasteiger partial charge on any atom is -0.322 e. The van der Waals surface area contributed by atoms with E-state index in [-0.39, 0.29) is 20.8 Å². The molecule has 0 saturated carbocycles. The van der Waals surface area contributed by atoms with E-state index in [1.807, 2.05) is 0 Å². The highest BCUT2D eigenvalue weighted by molar-refractivity contribution is 6.42. The van der Waals surface area contributed by atoms with Crippen molar-refractivity contribution in [3.05, 3.63) is 62.1 Å². The maximum atomic E-state index is 12.9. The van der Waals surface area contributed by atoms with Crippen LogP contribution >= 0.6 is 46.4 Å². The molecule has 0 aliphatic carbocycles. The molecule has 1 saturated heterocycles. The molecular weight excluding hydrogens is 448 g/mol. The number of para-hydroxylation sites is 1. The maximum Gasteiger partial charge on any atom is 0.325 e. The van der Waals surface area contributed by atoms with Gasteiger partial charge in [-0.15, -0.1) is 0 Å². The van der Waals surface area contributed by atoms with Gasteiger partial charge in [0.05, 0.1) is 25.8 Å². The van der Waals surface area contributed by atoms with Crippen molar-refractivity contribution in [2.45, 2.75) is 12.5 Å². The van der Waals surface area contributed by atoms with Crippen LogP contribution in [0.2, 0.25) is 20.1 Å². The van der Waals surface area contributed by atoms with Gasteiger partial charge in [0.25, 0.3) is 5.91 Å². The van der Waals surface area contributed by atoms with Gasteiger partial charge in [-0.25, -0.2) is 4.79 Å². The van der Waals surface area contributed by atoms with Crippen LogP contribution in [0.4, 0.5) is 10.5 Å². The van der Waals surface area contributed by atoms with E-state index in [2.05, 4.69) is 10.6 Å². The molecule has 10 heteroatoms. The van der Waals surface area contributed by atoms with Gasteiger partial charge < -0.3 is 10.6 Å². The van der Waals surface area contributed by atoms with Gasteiger partial charge in [0, 0.05) is 0 Å². The lowest BCUT2D eigenvalue weighted by molar-refractivity contribution is -0.133. The SMILES string of the molecule is CC1(c2ccc(Cl)c(Cl)c2)NC(=O)N(CC(=O)Nc2c(Cl)cccc2Cl)C1=O. The number of halogens is 4. The summed E-state index contributed by atoms with van der Waals surface area (Å²) in [7, 11) is 0. The van der Waals surface area contributed by atoms with Crippen molar-refractivity contribution >= 4 is 69.9 Å². The molecule has 6 nitrogen and oxygen atoms in total. The van der Waals surface area contributed by atoms with Crippen LogP contribution in [0.3, 0.4) is 0 Å². The number of carbonyl (C=O) groups excluding carboxylic acids is 3. The summed E-state index contributed by atoms with van der Waals surface area (Å²) in [6, 6.07) is 8.63. The number of amides is 4. The Hall–Kier alpha value is -1.99. The van der Waals surface area contributed by atoms with Crippen LogP contribution in [0, 0.1) is 0 Å². The first kappa shape index (κ1) is 20.7. The summed E-state index contributed by atoms with van der Waals surface area (Å²) >= 11 is 24.0. The highest BCUT2D eigenvalue weighted by Gasteiger charge is 2.49. The van der Waals surface area contributed by atoms with E-state index in [9.17, 15) is 14.4 Å². The number of benzene rings is 2. The number of urea groups is 1. The van der Waals surface area contributed by atoms with Crippen molar-refractivity contribution in [3.63, 3.8) is 0 Å². The predicted octanol–water partition coefficient (Wildman–Crippen LogP) is 4.71. The molecule has 3 rings (SSSR count). The van der Waals surface area contributed by atoms with Crippen molar-refractivity contribution in [2.24, 2.45) is 0 Å². The number of nitrogens with one attached hydrogen (secondary N) is 2. The summed E-state index contributed by atoms with van der Waals surface area (Å²) in [5.41, 5.74) is -0.736. The third kappa shape index (κ3) is 3.78.